The molecule has 1 aromatic rings. The highest BCUT2D eigenvalue weighted by Gasteiger charge is 1.97. The lowest BCUT2D eigenvalue weighted by atomic mass is 10.1. The summed E-state index contributed by atoms with van der Waals surface area (Å²) in [6.45, 7) is 2.21. The summed E-state index contributed by atoms with van der Waals surface area (Å²) in [6, 6.07) is 0. The fourth-order valence-electron chi connectivity index (χ4n) is 1.12. The number of aromatic amines is 1. The van der Waals surface area contributed by atoms with Crippen molar-refractivity contribution >= 4 is 12.6 Å². The van der Waals surface area contributed by atoms with Gasteiger partial charge in [0.2, 0.25) is 5.16 Å². The van der Waals surface area contributed by atoms with Crippen LogP contribution in [0.25, 0.3) is 0 Å². The van der Waals surface area contributed by atoms with Gasteiger partial charge in [-0.25, -0.2) is 4.98 Å². The average molecular weight is 185 g/mol. The third-order valence-electron chi connectivity index (χ3n) is 1.79. The van der Waals surface area contributed by atoms with Crippen molar-refractivity contribution in [3.8, 4) is 0 Å². The van der Waals surface area contributed by atoms with Gasteiger partial charge in [-0.15, -0.1) is 17.7 Å². The molecule has 0 spiro atoms. The lowest BCUT2D eigenvalue weighted by Crippen LogP contribution is -1.88. The average Bonchev–Trinajstić information content (AvgIpc) is 2.45. The van der Waals surface area contributed by atoms with Crippen molar-refractivity contribution in [3.05, 3.63) is 5.82 Å². The maximum absolute atomic E-state index is 4.11. The highest BCUT2D eigenvalue weighted by molar-refractivity contribution is 7.80. The SMILES string of the molecule is CCCCCCc1nc(S)n[nH]1. The first kappa shape index (κ1) is 9.58. The molecule has 12 heavy (non-hydrogen) atoms. The second-order valence-electron chi connectivity index (χ2n) is 2.89. The molecule has 0 bridgehead atoms. The van der Waals surface area contributed by atoms with Gasteiger partial charge in [-0.05, 0) is 6.42 Å². The number of nitrogens with zero attached hydrogens (tertiary/aromatic N) is 2. The molecule has 0 saturated heterocycles. The molecule has 0 aromatic carbocycles. The van der Waals surface area contributed by atoms with E-state index in [0.717, 1.165) is 12.2 Å². The first-order chi connectivity index (χ1) is 5.83. The van der Waals surface area contributed by atoms with Gasteiger partial charge in [0.25, 0.3) is 0 Å². The molecular weight excluding hydrogens is 170 g/mol. The largest absolute Gasteiger partial charge is 0.262 e. The van der Waals surface area contributed by atoms with E-state index in [1.807, 2.05) is 0 Å². The highest BCUT2D eigenvalue weighted by atomic mass is 32.1. The second-order valence-corrected chi connectivity index (χ2v) is 3.29. The van der Waals surface area contributed by atoms with Crippen LogP contribution in [0.1, 0.15) is 38.4 Å². The van der Waals surface area contributed by atoms with Crippen molar-refractivity contribution in [2.45, 2.75) is 44.2 Å². The summed E-state index contributed by atoms with van der Waals surface area (Å²) in [6.07, 6.45) is 6.04. The molecule has 1 rings (SSSR count). The van der Waals surface area contributed by atoms with Crippen LogP contribution in [-0.2, 0) is 6.42 Å². The quantitative estimate of drug-likeness (QED) is 0.545. The van der Waals surface area contributed by atoms with Crippen molar-refractivity contribution in [1.82, 2.24) is 15.2 Å². The molecule has 0 aliphatic rings. The van der Waals surface area contributed by atoms with Crippen molar-refractivity contribution < 1.29 is 0 Å². The van der Waals surface area contributed by atoms with Crippen molar-refractivity contribution in [1.29, 1.82) is 0 Å². The van der Waals surface area contributed by atoms with Gasteiger partial charge >= 0.3 is 0 Å². The predicted octanol–water partition coefficient (Wildman–Crippen LogP) is 2.22. The Labute approximate surface area is 78.4 Å². The molecule has 4 heteroatoms. The fourth-order valence-corrected chi connectivity index (χ4v) is 1.29. The van der Waals surface area contributed by atoms with Crippen LogP contribution in [0.3, 0.4) is 0 Å². The number of aromatic nitrogens is 3. The Kier molecular flexibility index (Phi) is 4.14. The van der Waals surface area contributed by atoms with E-state index < -0.39 is 0 Å². The van der Waals surface area contributed by atoms with Crippen LogP contribution in [0.4, 0.5) is 0 Å². The van der Waals surface area contributed by atoms with E-state index in [1.54, 1.807) is 0 Å². The van der Waals surface area contributed by atoms with Gasteiger partial charge < -0.3 is 0 Å². The number of hydrogen-bond donors (Lipinski definition) is 2. The van der Waals surface area contributed by atoms with Gasteiger partial charge in [0.1, 0.15) is 5.82 Å². The van der Waals surface area contributed by atoms with Crippen LogP contribution in [0.2, 0.25) is 0 Å². The van der Waals surface area contributed by atoms with Crippen LogP contribution >= 0.6 is 12.6 Å². The Balaban J connectivity index is 2.15. The minimum atomic E-state index is 0.542. The van der Waals surface area contributed by atoms with E-state index in [0.29, 0.717) is 5.16 Å². The zero-order chi connectivity index (χ0) is 8.81. The molecule has 0 saturated carbocycles. The minimum Gasteiger partial charge on any atom is -0.262 e. The second kappa shape index (κ2) is 5.19. The van der Waals surface area contributed by atoms with E-state index in [9.17, 15) is 0 Å². The third kappa shape index (κ3) is 3.26. The molecule has 0 atom stereocenters. The van der Waals surface area contributed by atoms with Crippen LogP contribution < -0.4 is 0 Å². The molecule has 0 radical (unpaired) electrons. The zero-order valence-electron chi connectivity index (χ0n) is 7.38. The molecule has 0 unspecified atom stereocenters. The first-order valence-electron chi connectivity index (χ1n) is 4.43. The molecule has 0 amide bonds. The molecule has 3 nitrogen and oxygen atoms in total. The van der Waals surface area contributed by atoms with Crippen LogP contribution in [0.5, 0.6) is 0 Å². The maximum Gasteiger partial charge on any atom is 0.205 e. The molecule has 1 N–H and O–H groups in total. The summed E-state index contributed by atoms with van der Waals surface area (Å²) in [5, 5.41) is 7.23. The summed E-state index contributed by atoms with van der Waals surface area (Å²) in [5.74, 6) is 0.955. The summed E-state index contributed by atoms with van der Waals surface area (Å²) in [7, 11) is 0. The van der Waals surface area contributed by atoms with E-state index in [-0.39, 0.29) is 0 Å². The predicted molar refractivity (Wildman–Crippen MR) is 51.5 cm³/mol. The number of thiol groups is 1. The normalized spacial score (nSPS) is 10.5. The van der Waals surface area contributed by atoms with E-state index in [4.69, 9.17) is 0 Å². The van der Waals surface area contributed by atoms with Gasteiger partial charge in [0.15, 0.2) is 0 Å². The van der Waals surface area contributed by atoms with E-state index in [2.05, 4.69) is 34.7 Å². The summed E-state index contributed by atoms with van der Waals surface area (Å²) in [5.41, 5.74) is 0. The topological polar surface area (TPSA) is 41.6 Å². The zero-order valence-corrected chi connectivity index (χ0v) is 8.27. The molecule has 1 heterocycles. The van der Waals surface area contributed by atoms with Gasteiger partial charge in [0.05, 0.1) is 0 Å². The summed E-state index contributed by atoms with van der Waals surface area (Å²) >= 11 is 4.02. The van der Waals surface area contributed by atoms with Crippen LogP contribution in [0.15, 0.2) is 5.16 Å². The Morgan fingerprint density at radius 1 is 1.33 bits per heavy atom. The van der Waals surface area contributed by atoms with E-state index >= 15 is 0 Å². The Hall–Kier alpha value is -0.510. The Bertz CT molecular complexity index is 222. The molecule has 1 aromatic heterocycles. The van der Waals surface area contributed by atoms with Crippen LogP contribution in [0, 0.1) is 0 Å². The number of rotatable bonds is 5. The first-order valence-corrected chi connectivity index (χ1v) is 4.88. The Morgan fingerprint density at radius 3 is 2.75 bits per heavy atom. The molecule has 0 fully saturated rings. The summed E-state index contributed by atoms with van der Waals surface area (Å²) < 4.78 is 0. The van der Waals surface area contributed by atoms with Crippen molar-refractivity contribution in [2.75, 3.05) is 0 Å². The number of unbranched alkanes of at least 4 members (excludes halogenated alkanes) is 3. The highest BCUT2D eigenvalue weighted by Crippen LogP contribution is 2.04. The lowest BCUT2D eigenvalue weighted by Gasteiger charge is -1.94. The van der Waals surface area contributed by atoms with Crippen molar-refractivity contribution in [3.63, 3.8) is 0 Å². The fraction of sp³-hybridized carbons (Fsp3) is 0.750. The van der Waals surface area contributed by atoms with Gasteiger partial charge in [-0.1, -0.05) is 26.2 Å². The van der Waals surface area contributed by atoms with Gasteiger partial charge in [-0.2, -0.15) is 0 Å². The number of aryl methyl sites for hydroxylation is 1. The summed E-state index contributed by atoms with van der Waals surface area (Å²) in [4.78, 5) is 4.11. The third-order valence-corrected chi connectivity index (χ3v) is 1.99. The smallest absolute Gasteiger partial charge is 0.205 e. The van der Waals surface area contributed by atoms with E-state index in [1.165, 1.54) is 25.7 Å². The molecule has 0 aliphatic heterocycles. The number of hydrogen-bond acceptors (Lipinski definition) is 3. The molecule has 0 aliphatic carbocycles. The molecular formula is C8H15N3S. The van der Waals surface area contributed by atoms with Gasteiger partial charge in [-0.3, -0.25) is 5.10 Å². The number of nitrogens with one attached hydrogen (secondary N) is 1. The molecule has 68 valence electrons. The minimum absolute atomic E-state index is 0.542. The number of H-pyrrole nitrogens is 1. The van der Waals surface area contributed by atoms with Crippen molar-refractivity contribution in [2.24, 2.45) is 0 Å². The van der Waals surface area contributed by atoms with Gasteiger partial charge in [0, 0.05) is 6.42 Å². The lowest BCUT2D eigenvalue weighted by molar-refractivity contribution is 0.653. The Morgan fingerprint density at radius 2 is 2.17 bits per heavy atom. The standard InChI is InChI=1S/C8H15N3S/c1-2-3-4-5-6-7-9-8(12)11-10-7/h2-6H2,1H3,(H2,9,10,11,12). The maximum atomic E-state index is 4.11. The van der Waals surface area contributed by atoms with Crippen LogP contribution in [-0.4, -0.2) is 15.2 Å². The monoisotopic (exact) mass is 185 g/mol.